The molecule has 4 aromatic rings. The fourth-order valence-electron chi connectivity index (χ4n) is 3.58. The van der Waals surface area contributed by atoms with Crippen LogP contribution >= 0.6 is 0 Å². The van der Waals surface area contributed by atoms with Gasteiger partial charge in [-0.15, -0.1) is 0 Å². The molecule has 1 aromatic heterocycles. The number of carbonyl (C=O) groups is 1. The van der Waals surface area contributed by atoms with Gasteiger partial charge in [0, 0.05) is 11.3 Å². The van der Waals surface area contributed by atoms with Gasteiger partial charge in [0.15, 0.2) is 17.1 Å². The number of fused-ring (bicyclic) bond motifs is 1. The average molecular weight is 448 g/mol. The van der Waals surface area contributed by atoms with Gasteiger partial charge < -0.3 is 29.1 Å². The van der Waals surface area contributed by atoms with Crippen molar-refractivity contribution in [2.75, 3.05) is 26.6 Å². The van der Waals surface area contributed by atoms with Crippen LogP contribution in [0.15, 0.2) is 46.9 Å². The molecule has 2 N–H and O–H groups in total. The number of amides is 1. The van der Waals surface area contributed by atoms with E-state index in [1.165, 1.54) is 21.3 Å². The lowest BCUT2D eigenvalue weighted by Crippen LogP contribution is -2.13. The Morgan fingerprint density at radius 1 is 0.970 bits per heavy atom. The summed E-state index contributed by atoms with van der Waals surface area (Å²) in [4.78, 5) is 17.5. The summed E-state index contributed by atoms with van der Waals surface area (Å²) in [5, 5.41) is 13.5. The number of carbonyl (C=O) groups excluding carboxylic acids is 1. The highest BCUT2D eigenvalue weighted by Crippen LogP contribution is 2.39. The number of aromatic hydroxyl groups is 1. The van der Waals surface area contributed by atoms with E-state index in [2.05, 4.69) is 10.3 Å². The fourth-order valence-corrected chi connectivity index (χ4v) is 3.58. The standard InChI is InChI=1S/C25H24N2O6/c1-13-6-7-19-18(8-13)27-25(33-19)17-12-16(9-14(2)22(17)28)26-24(29)15-10-20(30-3)23(32-5)21(11-15)31-4/h6-12,28H,1-5H3,(H,26,29). The number of ether oxygens (including phenoxy) is 3. The molecule has 0 saturated carbocycles. The van der Waals surface area contributed by atoms with Gasteiger partial charge in [-0.3, -0.25) is 4.79 Å². The number of anilines is 1. The Kier molecular flexibility index (Phi) is 5.83. The van der Waals surface area contributed by atoms with Crippen LogP contribution in [0.5, 0.6) is 23.0 Å². The van der Waals surface area contributed by atoms with Crippen molar-refractivity contribution in [3.05, 3.63) is 59.2 Å². The number of methoxy groups -OCH3 is 3. The van der Waals surface area contributed by atoms with Gasteiger partial charge in [0.1, 0.15) is 11.3 Å². The van der Waals surface area contributed by atoms with Gasteiger partial charge in [-0.25, -0.2) is 4.98 Å². The average Bonchev–Trinajstić information content (AvgIpc) is 3.23. The van der Waals surface area contributed by atoms with Crippen molar-refractivity contribution in [3.63, 3.8) is 0 Å². The van der Waals surface area contributed by atoms with E-state index < -0.39 is 5.91 Å². The Hall–Kier alpha value is -4.20. The van der Waals surface area contributed by atoms with E-state index in [0.717, 1.165) is 5.56 Å². The fraction of sp³-hybridized carbons (Fsp3) is 0.200. The summed E-state index contributed by atoms with van der Waals surface area (Å²) in [5.41, 5.74) is 4.07. The summed E-state index contributed by atoms with van der Waals surface area (Å²) in [7, 11) is 4.46. The highest BCUT2D eigenvalue weighted by atomic mass is 16.5. The SMILES string of the molecule is COc1cc(C(=O)Nc2cc(C)c(O)c(-c3nc4cc(C)ccc4o3)c2)cc(OC)c1OC. The molecule has 3 aromatic carbocycles. The lowest BCUT2D eigenvalue weighted by atomic mass is 10.1. The third kappa shape index (κ3) is 4.15. The molecule has 8 nitrogen and oxygen atoms in total. The normalized spacial score (nSPS) is 10.8. The van der Waals surface area contributed by atoms with E-state index in [1.807, 2.05) is 25.1 Å². The number of aromatic nitrogens is 1. The molecule has 0 fully saturated rings. The van der Waals surface area contributed by atoms with E-state index in [-0.39, 0.29) is 11.6 Å². The first kappa shape index (κ1) is 22.0. The Morgan fingerprint density at radius 2 is 1.67 bits per heavy atom. The van der Waals surface area contributed by atoms with E-state index in [4.69, 9.17) is 18.6 Å². The molecule has 0 aliphatic heterocycles. The topological polar surface area (TPSA) is 103 Å². The predicted octanol–water partition coefficient (Wildman–Crippen LogP) is 5.10. The number of oxazole rings is 1. The van der Waals surface area contributed by atoms with Crippen molar-refractivity contribution in [2.45, 2.75) is 13.8 Å². The third-order valence-corrected chi connectivity index (χ3v) is 5.26. The molecular formula is C25H24N2O6. The molecule has 33 heavy (non-hydrogen) atoms. The maximum atomic E-state index is 13.0. The van der Waals surface area contributed by atoms with Crippen molar-refractivity contribution in [1.82, 2.24) is 4.98 Å². The van der Waals surface area contributed by atoms with Crippen LogP contribution in [0.2, 0.25) is 0 Å². The van der Waals surface area contributed by atoms with Gasteiger partial charge in [0.2, 0.25) is 11.6 Å². The van der Waals surface area contributed by atoms with E-state index in [0.29, 0.717) is 50.7 Å². The number of hydrogen-bond donors (Lipinski definition) is 2. The van der Waals surface area contributed by atoms with E-state index in [1.54, 1.807) is 31.2 Å². The smallest absolute Gasteiger partial charge is 0.255 e. The number of nitrogens with one attached hydrogen (secondary N) is 1. The molecule has 0 bridgehead atoms. The van der Waals surface area contributed by atoms with Crippen LogP contribution in [0.25, 0.3) is 22.6 Å². The highest BCUT2D eigenvalue weighted by Gasteiger charge is 2.19. The number of rotatable bonds is 6. The predicted molar refractivity (Wildman–Crippen MR) is 125 cm³/mol. The minimum atomic E-state index is -0.390. The van der Waals surface area contributed by atoms with Crippen molar-refractivity contribution in [1.29, 1.82) is 0 Å². The van der Waals surface area contributed by atoms with Crippen LogP contribution in [0, 0.1) is 13.8 Å². The second-order valence-electron chi connectivity index (χ2n) is 7.55. The summed E-state index contributed by atoms with van der Waals surface area (Å²) >= 11 is 0. The lowest BCUT2D eigenvalue weighted by Gasteiger charge is -2.14. The lowest BCUT2D eigenvalue weighted by molar-refractivity contribution is 0.102. The molecule has 170 valence electrons. The highest BCUT2D eigenvalue weighted by molar-refractivity contribution is 6.05. The third-order valence-electron chi connectivity index (χ3n) is 5.26. The molecule has 0 unspecified atom stereocenters. The minimum absolute atomic E-state index is 0.0315. The summed E-state index contributed by atoms with van der Waals surface area (Å²) < 4.78 is 21.8. The zero-order valence-electron chi connectivity index (χ0n) is 19.0. The second-order valence-corrected chi connectivity index (χ2v) is 7.55. The number of benzene rings is 3. The second kappa shape index (κ2) is 8.74. The maximum Gasteiger partial charge on any atom is 0.255 e. The van der Waals surface area contributed by atoms with E-state index in [9.17, 15) is 9.90 Å². The molecule has 0 spiro atoms. The van der Waals surface area contributed by atoms with Crippen LogP contribution in [0.4, 0.5) is 5.69 Å². The van der Waals surface area contributed by atoms with Crippen molar-refractivity contribution in [2.24, 2.45) is 0 Å². The molecule has 1 amide bonds. The van der Waals surface area contributed by atoms with Gasteiger partial charge in [-0.2, -0.15) is 0 Å². The maximum absolute atomic E-state index is 13.0. The zero-order chi connectivity index (χ0) is 23.7. The molecule has 1 heterocycles. The van der Waals surface area contributed by atoms with Gasteiger partial charge in [0.05, 0.1) is 26.9 Å². The Labute approximate surface area is 190 Å². The zero-order valence-corrected chi connectivity index (χ0v) is 19.0. The first-order valence-corrected chi connectivity index (χ1v) is 10.2. The molecule has 0 radical (unpaired) electrons. The monoisotopic (exact) mass is 448 g/mol. The molecule has 4 rings (SSSR count). The quantitative estimate of drug-likeness (QED) is 0.396. The van der Waals surface area contributed by atoms with Crippen molar-refractivity contribution >= 4 is 22.7 Å². The van der Waals surface area contributed by atoms with Crippen molar-refractivity contribution in [3.8, 4) is 34.5 Å². The number of nitrogens with zero attached hydrogens (tertiary/aromatic N) is 1. The van der Waals surface area contributed by atoms with Gasteiger partial charge >= 0.3 is 0 Å². The van der Waals surface area contributed by atoms with E-state index >= 15 is 0 Å². The summed E-state index contributed by atoms with van der Waals surface area (Å²) in [6.07, 6.45) is 0. The van der Waals surface area contributed by atoms with Gasteiger partial charge in [-0.1, -0.05) is 6.07 Å². The molecule has 0 atom stereocenters. The number of phenolic OH excluding ortho intramolecular Hbond substituents is 1. The first-order valence-electron chi connectivity index (χ1n) is 10.2. The Bertz CT molecular complexity index is 1330. The van der Waals surface area contributed by atoms with Crippen LogP contribution in [-0.4, -0.2) is 37.3 Å². The van der Waals surface area contributed by atoms with Crippen LogP contribution in [0.1, 0.15) is 21.5 Å². The van der Waals surface area contributed by atoms with Crippen molar-refractivity contribution < 1.29 is 28.5 Å². The first-order chi connectivity index (χ1) is 15.8. The largest absolute Gasteiger partial charge is 0.507 e. The van der Waals surface area contributed by atoms with Crippen LogP contribution in [0.3, 0.4) is 0 Å². The molecule has 0 aliphatic rings. The number of phenols is 1. The molecule has 0 saturated heterocycles. The number of aryl methyl sites for hydroxylation is 2. The summed E-state index contributed by atoms with van der Waals surface area (Å²) in [6.45, 7) is 3.70. The summed E-state index contributed by atoms with van der Waals surface area (Å²) in [5.74, 6) is 1.03. The Balaban J connectivity index is 1.70. The Morgan fingerprint density at radius 3 is 2.30 bits per heavy atom. The molecule has 8 heteroatoms. The van der Waals surface area contributed by atoms with Crippen LogP contribution < -0.4 is 19.5 Å². The van der Waals surface area contributed by atoms with Gasteiger partial charge in [0.25, 0.3) is 5.91 Å². The number of hydrogen-bond acceptors (Lipinski definition) is 7. The molecule has 0 aliphatic carbocycles. The summed E-state index contributed by atoms with van der Waals surface area (Å²) in [6, 6.07) is 12.1. The van der Waals surface area contributed by atoms with Gasteiger partial charge in [-0.05, 0) is 61.4 Å². The minimum Gasteiger partial charge on any atom is -0.507 e. The van der Waals surface area contributed by atoms with Crippen LogP contribution in [-0.2, 0) is 0 Å². The molecular weight excluding hydrogens is 424 g/mol.